The maximum Gasteiger partial charge on any atom is 0.267 e. The van der Waals surface area contributed by atoms with E-state index in [2.05, 4.69) is 30.5 Å². The van der Waals surface area contributed by atoms with Gasteiger partial charge in [0.2, 0.25) is 5.91 Å². The molecule has 0 radical (unpaired) electrons. The number of benzene rings is 1. The van der Waals surface area contributed by atoms with E-state index in [0.29, 0.717) is 58.5 Å². The van der Waals surface area contributed by atoms with Crippen molar-refractivity contribution in [2.45, 2.75) is 20.8 Å². The Morgan fingerprint density at radius 1 is 1.12 bits per heavy atom. The zero-order valence-electron chi connectivity index (χ0n) is 18.6. The van der Waals surface area contributed by atoms with Crippen LogP contribution in [0.15, 0.2) is 30.5 Å². The van der Waals surface area contributed by atoms with Gasteiger partial charge in [0.15, 0.2) is 5.13 Å². The van der Waals surface area contributed by atoms with Crippen molar-refractivity contribution in [1.29, 1.82) is 0 Å². The molecule has 33 heavy (non-hydrogen) atoms. The van der Waals surface area contributed by atoms with Gasteiger partial charge in [-0.25, -0.2) is 15.0 Å². The smallest absolute Gasteiger partial charge is 0.267 e. The minimum atomic E-state index is -0.278. The van der Waals surface area contributed by atoms with Crippen molar-refractivity contribution >= 4 is 57.2 Å². The Morgan fingerprint density at radius 2 is 1.88 bits per heavy atom. The fourth-order valence-electron chi connectivity index (χ4n) is 3.54. The van der Waals surface area contributed by atoms with E-state index in [4.69, 9.17) is 11.6 Å². The van der Waals surface area contributed by atoms with Crippen molar-refractivity contribution in [1.82, 2.24) is 19.9 Å². The van der Waals surface area contributed by atoms with Crippen LogP contribution in [0.1, 0.15) is 28.0 Å². The van der Waals surface area contributed by atoms with E-state index in [1.807, 2.05) is 36.9 Å². The van der Waals surface area contributed by atoms with Gasteiger partial charge in [-0.1, -0.05) is 35.1 Å². The number of carbonyl (C=O) groups excluding carboxylic acids is 2. The molecule has 4 rings (SSSR count). The van der Waals surface area contributed by atoms with Gasteiger partial charge >= 0.3 is 0 Å². The molecule has 11 heteroatoms. The second kappa shape index (κ2) is 9.72. The molecule has 0 aliphatic carbocycles. The fraction of sp³-hybridized carbons (Fsp3) is 0.318. The number of para-hydroxylation sites is 1. The molecule has 0 atom stereocenters. The Morgan fingerprint density at radius 3 is 2.58 bits per heavy atom. The van der Waals surface area contributed by atoms with E-state index in [-0.39, 0.29) is 11.8 Å². The number of hydrogen-bond donors (Lipinski definition) is 2. The average molecular weight is 486 g/mol. The third kappa shape index (κ3) is 5.40. The molecular weight excluding hydrogens is 462 g/mol. The van der Waals surface area contributed by atoms with E-state index >= 15 is 0 Å². The first-order valence-corrected chi connectivity index (χ1v) is 11.6. The number of halogens is 1. The summed E-state index contributed by atoms with van der Waals surface area (Å²) in [5.41, 5.74) is 1.47. The SMILES string of the molecule is CC(=O)N1CCN(c2cc(Nc3ncc(C(=O)Nc4c(C)cccc4Cl)s3)nc(C)n2)CC1. The third-order valence-corrected chi connectivity index (χ3v) is 6.52. The maximum atomic E-state index is 12.7. The van der Waals surface area contributed by atoms with Crippen LogP contribution in [0.4, 0.5) is 22.5 Å². The van der Waals surface area contributed by atoms with Crippen LogP contribution >= 0.6 is 22.9 Å². The number of carbonyl (C=O) groups is 2. The quantitative estimate of drug-likeness (QED) is 0.565. The molecule has 2 aromatic heterocycles. The van der Waals surface area contributed by atoms with Crippen molar-refractivity contribution in [3.8, 4) is 0 Å². The maximum absolute atomic E-state index is 12.7. The first kappa shape index (κ1) is 22.9. The highest BCUT2D eigenvalue weighted by Gasteiger charge is 2.21. The Kier molecular flexibility index (Phi) is 6.75. The lowest BCUT2D eigenvalue weighted by Gasteiger charge is -2.35. The number of nitrogens with zero attached hydrogens (tertiary/aromatic N) is 5. The molecule has 3 aromatic rings. The molecule has 1 aliphatic heterocycles. The van der Waals surface area contributed by atoms with E-state index < -0.39 is 0 Å². The number of amides is 2. The molecule has 0 spiro atoms. The second-order valence-corrected chi connectivity index (χ2v) is 9.13. The van der Waals surface area contributed by atoms with Crippen LogP contribution in [-0.2, 0) is 4.79 Å². The summed E-state index contributed by atoms with van der Waals surface area (Å²) in [7, 11) is 0. The van der Waals surface area contributed by atoms with Gasteiger partial charge in [-0.2, -0.15) is 0 Å². The number of nitrogens with one attached hydrogen (secondary N) is 2. The highest BCUT2D eigenvalue weighted by molar-refractivity contribution is 7.17. The highest BCUT2D eigenvalue weighted by atomic mass is 35.5. The van der Waals surface area contributed by atoms with Gasteiger partial charge < -0.3 is 20.4 Å². The Labute approximate surface area is 200 Å². The standard InChI is InChI=1S/C22H24ClN7O2S/c1-13-5-4-6-16(23)20(13)28-21(32)17-12-24-22(33-17)27-18-11-19(26-14(2)25-18)30-9-7-29(8-10-30)15(3)31/h4-6,11-12H,7-10H2,1-3H3,(H,28,32)(H,24,25,26,27). The van der Waals surface area contributed by atoms with Crippen LogP contribution in [0.25, 0.3) is 0 Å². The number of rotatable bonds is 5. The molecule has 2 amide bonds. The fourth-order valence-corrected chi connectivity index (χ4v) is 4.53. The molecule has 172 valence electrons. The summed E-state index contributed by atoms with van der Waals surface area (Å²) in [6, 6.07) is 7.31. The van der Waals surface area contributed by atoms with E-state index in [9.17, 15) is 9.59 Å². The van der Waals surface area contributed by atoms with Gasteiger partial charge in [0.05, 0.1) is 16.9 Å². The summed E-state index contributed by atoms with van der Waals surface area (Å²) < 4.78 is 0. The lowest BCUT2D eigenvalue weighted by molar-refractivity contribution is -0.129. The zero-order valence-corrected chi connectivity index (χ0v) is 20.1. The topological polar surface area (TPSA) is 103 Å². The summed E-state index contributed by atoms with van der Waals surface area (Å²) in [5, 5.41) is 7.06. The number of piperazine rings is 1. The van der Waals surface area contributed by atoms with Gasteiger partial charge in [-0.05, 0) is 25.5 Å². The van der Waals surface area contributed by atoms with Gasteiger partial charge in [0.1, 0.15) is 22.3 Å². The molecule has 1 fully saturated rings. The molecular formula is C22H24ClN7O2S. The Balaban J connectivity index is 1.45. The minimum Gasteiger partial charge on any atom is -0.353 e. The minimum absolute atomic E-state index is 0.0872. The highest BCUT2D eigenvalue weighted by Crippen LogP contribution is 2.28. The number of hydrogen-bond acceptors (Lipinski definition) is 8. The predicted octanol–water partition coefficient (Wildman–Crippen LogP) is 3.87. The molecule has 0 bridgehead atoms. The summed E-state index contributed by atoms with van der Waals surface area (Å²) in [6.45, 7) is 8.04. The summed E-state index contributed by atoms with van der Waals surface area (Å²) in [4.78, 5) is 42.0. The number of aromatic nitrogens is 3. The molecule has 0 saturated carbocycles. The van der Waals surface area contributed by atoms with Crippen LogP contribution in [0, 0.1) is 13.8 Å². The van der Waals surface area contributed by atoms with Gasteiger partial charge in [-0.15, -0.1) is 0 Å². The van der Waals surface area contributed by atoms with Gasteiger partial charge in [0.25, 0.3) is 5.91 Å². The van der Waals surface area contributed by atoms with Gasteiger partial charge in [-0.3, -0.25) is 9.59 Å². The first-order valence-electron chi connectivity index (χ1n) is 10.5. The molecule has 3 heterocycles. The van der Waals surface area contributed by atoms with Crippen molar-refractivity contribution < 1.29 is 9.59 Å². The summed E-state index contributed by atoms with van der Waals surface area (Å²) in [5.74, 6) is 1.81. The summed E-state index contributed by atoms with van der Waals surface area (Å²) in [6.07, 6.45) is 1.52. The van der Waals surface area contributed by atoms with Crippen molar-refractivity contribution in [2.24, 2.45) is 0 Å². The van der Waals surface area contributed by atoms with E-state index in [1.54, 1.807) is 13.0 Å². The third-order valence-electron chi connectivity index (χ3n) is 5.30. The Bertz CT molecular complexity index is 1170. The largest absolute Gasteiger partial charge is 0.353 e. The summed E-state index contributed by atoms with van der Waals surface area (Å²) >= 11 is 7.44. The Hall–Kier alpha value is -3.24. The van der Waals surface area contributed by atoms with Crippen molar-refractivity contribution in [2.75, 3.05) is 41.7 Å². The van der Waals surface area contributed by atoms with Crippen LogP contribution in [-0.4, -0.2) is 57.8 Å². The zero-order chi connectivity index (χ0) is 23.5. The van der Waals surface area contributed by atoms with Crippen molar-refractivity contribution in [3.05, 3.63) is 51.7 Å². The second-order valence-electron chi connectivity index (χ2n) is 7.69. The molecule has 0 unspecified atom stereocenters. The molecule has 1 saturated heterocycles. The molecule has 9 nitrogen and oxygen atoms in total. The van der Waals surface area contributed by atoms with Crippen LogP contribution in [0.5, 0.6) is 0 Å². The lowest BCUT2D eigenvalue weighted by Crippen LogP contribution is -2.48. The van der Waals surface area contributed by atoms with Crippen LogP contribution in [0.2, 0.25) is 5.02 Å². The molecule has 1 aliphatic rings. The predicted molar refractivity (Wildman–Crippen MR) is 131 cm³/mol. The molecule has 2 N–H and O–H groups in total. The normalized spacial score (nSPS) is 13.7. The van der Waals surface area contributed by atoms with Crippen LogP contribution in [0.3, 0.4) is 0 Å². The van der Waals surface area contributed by atoms with Crippen LogP contribution < -0.4 is 15.5 Å². The average Bonchev–Trinajstić information content (AvgIpc) is 3.24. The van der Waals surface area contributed by atoms with Crippen molar-refractivity contribution in [3.63, 3.8) is 0 Å². The van der Waals surface area contributed by atoms with E-state index in [0.717, 1.165) is 11.4 Å². The first-order chi connectivity index (χ1) is 15.8. The number of thiazole rings is 1. The molecule has 1 aromatic carbocycles. The van der Waals surface area contributed by atoms with Gasteiger partial charge in [0, 0.05) is 39.2 Å². The van der Waals surface area contributed by atoms with E-state index in [1.165, 1.54) is 17.5 Å². The number of aryl methyl sites for hydroxylation is 2. The monoisotopic (exact) mass is 485 g/mol. The lowest BCUT2D eigenvalue weighted by atomic mass is 10.2. The number of anilines is 4.